The summed E-state index contributed by atoms with van der Waals surface area (Å²) in [6, 6.07) is 0. The molecule has 1 saturated carbocycles. The molecule has 0 amide bonds. The maximum absolute atomic E-state index is 10.9. The van der Waals surface area contributed by atoms with Crippen LogP contribution in [0.25, 0.3) is 0 Å². The van der Waals surface area contributed by atoms with Gasteiger partial charge in [0.15, 0.2) is 0 Å². The first kappa shape index (κ1) is 16.5. The average Bonchev–Trinajstić information content (AvgIpc) is 2.26. The molecule has 1 aliphatic rings. The summed E-state index contributed by atoms with van der Waals surface area (Å²) in [4.78, 5) is 10.9. The highest BCUT2D eigenvalue weighted by Crippen LogP contribution is 2.40. The number of hydrogen-bond acceptors (Lipinski definition) is 1. The lowest BCUT2D eigenvalue weighted by molar-refractivity contribution is -0.139. The summed E-state index contributed by atoms with van der Waals surface area (Å²) < 4.78 is 0. The van der Waals surface area contributed by atoms with Crippen LogP contribution in [0.5, 0.6) is 0 Å². The Kier molecular flexibility index (Phi) is 5.88. The van der Waals surface area contributed by atoms with Crippen LogP contribution in [-0.2, 0) is 4.79 Å². The number of carboxylic acids is 1. The van der Waals surface area contributed by atoms with Crippen LogP contribution in [-0.4, -0.2) is 11.1 Å². The molecule has 2 heteroatoms. The first-order valence-corrected chi connectivity index (χ1v) is 7.92. The molecule has 0 radical (unpaired) electrons. The van der Waals surface area contributed by atoms with Gasteiger partial charge in [0.1, 0.15) is 0 Å². The molecular weight excluding hydrogens is 236 g/mol. The molecule has 0 aromatic carbocycles. The minimum atomic E-state index is -0.671. The normalized spacial score (nSPS) is 18.5. The summed E-state index contributed by atoms with van der Waals surface area (Å²) in [5.41, 5.74) is 0.285. The van der Waals surface area contributed by atoms with Crippen molar-refractivity contribution >= 4 is 5.97 Å². The second-order valence-electron chi connectivity index (χ2n) is 8.11. The molecule has 0 unspecified atom stereocenters. The Labute approximate surface area is 119 Å². The van der Waals surface area contributed by atoms with Crippen LogP contribution < -0.4 is 0 Å². The highest BCUT2D eigenvalue weighted by molar-refractivity contribution is 5.67. The standard InChI is InChI=1S/C17H32O2/c1-16(2,12-14-8-6-5-7-9-14)10-11-17(3,4)13-15(18)19/h14H,5-13H2,1-4H3,(H,18,19). The third-order valence-corrected chi connectivity index (χ3v) is 4.67. The van der Waals surface area contributed by atoms with Crippen LogP contribution in [0, 0.1) is 16.7 Å². The van der Waals surface area contributed by atoms with Gasteiger partial charge in [-0.25, -0.2) is 0 Å². The van der Waals surface area contributed by atoms with Gasteiger partial charge in [0.25, 0.3) is 0 Å². The van der Waals surface area contributed by atoms with Crippen molar-refractivity contribution < 1.29 is 9.90 Å². The largest absolute Gasteiger partial charge is 0.481 e. The number of carboxylic acid groups (broad SMARTS) is 1. The Bertz CT molecular complexity index is 286. The lowest BCUT2D eigenvalue weighted by Gasteiger charge is -2.34. The molecule has 0 atom stereocenters. The first-order chi connectivity index (χ1) is 8.70. The Hall–Kier alpha value is -0.530. The van der Waals surface area contributed by atoms with Crippen molar-refractivity contribution in [2.24, 2.45) is 16.7 Å². The summed E-state index contributed by atoms with van der Waals surface area (Å²) in [5, 5.41) is 8.94. The molecule has 1 rings (SSSR count). The van der Waals surface area contributed by atoms with Crippen LogP contribution in [0.4, 0.5) is 0 Å². The van der Waals surface area contributed by atoms with E-state index in [1.54, 1.807) is 0 Å². The molecule has 1 aliphatic carbocycles. The molecule has 0 aliphatic heterocycles. The monoisotopic (exact) mass is 268 g/mol. The fourth-order valence-corrected chi connectivity index (χ4v) is 3.45. The minimum absolute atomic E-state index is 0.0737. The van der Waals surface area contributed by atoms with Crippen molar-refractivity contribution in [3.05, 3.63) is 0 Å². The maximum atomic E-state index is 10.9. The zero-order valence-corrected chi connectivity index (χ0v) is 13.3. The van der Waals surface area contributed by atoms with Gasteiger partial charge in [-0.15, -0.1) is 0 Å². The lowest BCUT2D eigenvalue weighted by atomic mass is 9.71. The van der Waals surface area contributed by atoms with E-state index in [2.05, 4.69) is 27.7 Å². The molecule has 0 aromatic heterocycles. The first-order valence-electron chi connectivity index (χ1n) is 7.92. The predicted molar refractivity (Wildman–Crippen MR) is 80.2 cm³/mol. The fraction of sp³-hybridized carbons (Fsp3) is 0.941. The minimum Gasteiger partial charge on any atom is -0.481 e. The van der Waals surface area contributed by atoms with Crippen LogP contribution in [0.3, 0.4) is 0 Å². The Morgan fingerprint density at radius 1 is 1.00 bits per heavy atom. The Balaban J connectivity index is 2.38. The second-order valence-corrected chi connectivity index (χ2v) is 8.11. The number of carbonyl (C=O) groups is 1. The molecule has 1 N–H and O–H groups in total. The van der Waals surface area contributed by atoms with E-state index < -0.39 is 5.97 Å². The van der Waals surface area contributed by atoms with E-state index in [4.69, 9.17) is 5.11 Å². The van der Waals surface area contributed by atoms with E-state index in [1.165, 1.54) is 38.5 Å². The van der Waals surface area contributed by atoms with Crippen molar-refractivity contribution in [1.82, 2.24) is 0 Å². The van der Waals surface area contributed by atoms with Crippen molar-refractivity contribution in [2.45, 2.75) is 85.5 Å². The van der Waals surface area contributed by atoms with Gasteiger partial charge in [0.05, 0.1) is 6.42 Å². The van der Waals surface area contributed by atoms with Crippen molar-refractivity contribution in [2.75, 3.05) is 0 Å². The summed E-state index contributed by atoms with van der Waals surface area (Å²) in [6.07, 6.45) is 10.8. The van der Waals surface area contributed by atoms with Crippen molar-refractivity contribution in [3.8, 4) is 0 Å². The van der Waals surface area contributed by atoms with Crippen molar-refractivity contribution in [1.29, 1.82) is 0 Å². The fourth-order valence-electron chi connectivity index (χ4n) is 3.45. The van der Waals surface area contributed by atoms with Gasteiger partial charge in [0.2, 0.25) is 0 Å². The number of aliphatic carboxylic acids is 1. The molecule has 112 valence electrons. The molecular formula is C17H32O2. The lowest BCUT2D eigenvalue weighted by Crippen LogP contribution is -2.23. The summed E-state index contributed by atoms with van der Waals surface area (Å²) in [7, 11) is 0. The quantitative estimate of drug-likeness (QED) is 0.683. The van der Waals surface area contributed by atoms with Gasteiger partial charge in [-0.2, -0.15) is 0 Å². The van der Waals surface area contributed by atoms with Crippen molar-refractivity contribution in [3.63, 3.8) is 0 Å². The van der Waals surface area contributed by atoms with Gasteiger partial charge in [0, 0.05) is 0 Å². The summed E-state index contributed by atoms with van der Waals surface area (Å²) in [6.45, 7) is 8.88. The van der Waals surface area contributed by atoms with Crippen LogP contribution >= 0.6 is 0 Å². The molecule has 0 spiro atoms. The van der Waals surface area contributed by atoms with Gasteiger partial charge < -0.3 is 5.11 Å². The van der Waals surface area contributed by atoms with E-state index in [1.807, 2.05) is 0 Å². The van der Waals surface area contributed by atoms with Gasteiger partial charge in [-0.05, 0) is 36.0 Å². The van der Waals surface area contributed by atoms with Crippen LogP contribution in [0.2, 0.25) is 0 Å². The Morgan fingerprint density at radius 2 is 1.53 bits per heavy atom. The summed E-state index contributed by atoms with van der Waals surface area (Å²) in [5.74, 6) is 0.237. The van der Waals surface area contributed by atoms with Gasteiger partial charge >= 0.3 is 5.97 Å². The van der Waals surface area contributed by atoms with Crippen LogP contribution in [0.1, 0.15) is 85.5 Å². The van der Waals surface area contributed by atoms with E-state index in [0.717, 1.165) is 18.8 Å². The molecule has 2 nitrogen and oxygen atoms in total. The predicted octanol–water partition coefficient (Wildman–Crippen LogP) is 5.26. The highest BCUT2D eigenvalue weighted by atomic mass is 16.4. The van der Waals surface area contributed by atoms with E-state index in [-0.39, 0.29) is 11.8 Å². The maximum Gasteiger partial charge on any atom is 0.303 e. The third-order valence-electron chi connectivity index (χ3n) is 4.67. The molecule has 0 bridgehead atoms. The zero-order valence-electron chi connectivity index (χ0n) is 13.3. The number of hydrogen-bond donors (Lipinski definition) is 1. The smallest absolute Gasteiger partial charge is 0.303 e. The van der Waals surface area contributed by atoms with E-state index in [0.29, 0.717) is 5.41 Å². The van der Waals surface area contributed by atoms with Gasteiger partial charge in [-0.1, -0.05) is 59.8 Å². The third kappa shape index (κ3) is 6.98. The molecule has 0 heterocycles. The topological polar surface area (TPSA) is 37.3 Å². The summed E-state index contributed by atoms with van der Waals surface area (Å²) >= 11 is 0. The highest BCUT2D eigenvalue weighted by Gasteiger charge is 2.28. The SMILES string of the molecule is CC(C)(CCC(C)(C)CC1CCCCC1)CC(=O)O. The average molecular weight is 268 g/mol. The molecule has 0 saturated heterocycles. The molecule has 0 aromatic rings. The van der Waals surface area contributed by atoms with Gasteiger partial charge in [-0.3, -0.25) is 4.79 Å². The van der Waals surface area contributed by atoms with E-state index in [9.17, 15) is 4.79 Å². The second kappa shape index (κ2) is 6.76. The number of rotatable bonds is 7. The zero-order chi connectivity index (χ0) is 14.5. The molecule has 19 heavy (non-hydrogen) atoms. The van der Waals surface area contributed by atoms with E-state index >= 15 is 0 Å². The molecule has 1 fully saturated rings. The van der Waals surface area contributed by atoms with Crippen LogP contribution in [0.15, 0.2) is 0 Å². The Morgan fingerprint density at radius 3 is 2.05 bits per heavy atom.